The highest BCUT2D eigenvalue weighted by atomic mass is 19.3. The van der Waals surface area contributed by atoms with Crippen LogP contribution in [0.15, 0.2) is 27.6 Å². The number of halogens is 2. The van der Waals surface area contributed by atoms with Crippen molar-refractivity contribution >= 4 is 5.91 Å². The average Bonchev–Trinajstić information content (AvgIpc) is 3.10. The summed E-state index contributed by atoms with van der Waals surface area (Å²) in [5.41, 5.74) is -0.836. The minimum absolute atomic E-state index is 0.0419. The molecule has 9 heteroatoms. The number of hydrogen-bond acceptors (Lipinski definition) is 5. The van der Waals surface area contributed by atoms with Gasteiger partial charge in [0, 0.05) is 19.0 Å². The molecule has 2 aromatic heterocycles. The van der Waals surface area contributed by atoms with Crippen LogP contribution < -0.4 is 5.56 Å². The van der Waals surface area contributed by atoms with Gasteiger partial charge in [-0.25, -0.2) is 8.78 Å². The number of carbonyl (C=O) groups excluding carboxylic acids is 1. The molecule has 1 N–H and O–H groups in total. The minimum Gasteiger partial charge on any atom is -0.337 e. The van der Waals surface area contributed by atoms with E-state index in [2.05, 4.69) is 15.1 Å². The van der Waals surface area contributed by atoms with Gasteiger partial charge in [0.15, 0.2) is 5.82 Å². The van der Waals surface area contributed by atoms with Crippen LogP contribution in [0, 0.1) is 0 Å². The quantitative estimate of drug-likeness (QED) is 0.924. The van der Waals surface area contributed by atoms with Gasteiger partial charge in [-0.2, -0.15) is 4.98 Å². The molecule has 7 nitrogen and oxygen atoms in total. The molecule has 0 saturated carbocycles. The minimum atomic E-state index is -3.08. The van der Waals surface area contributed by atoms with E-state index in [0.717, 1.165) is 4.90 Å². The topological polar surface area (TPSA) is 92.1 Å². The summed E-state index contributed by atoms with van der Waals surface area (Å²) in [5.74, 6) is -3.53. The van der Waals surface area contributed by atoms with Crippen molar-refractivity contribution in [2.45, 2.75) is 31.7 Å². The first-order valence-electron chi connectivity index (χ1n) is 7.10. The Morgan fingerprint density at radius 3 is 3.00 bits per heavy atom. The second-order valence-corrected chi connectivity index (χ2v) is 5.32. The van der Waals surface area contributed by atoms with Crippen molar-refractivity contribution in [3.8, 4) is 0 Å². The molecule has 0 spiro atoms. The zero-order chi connectivity index (χ0) is 16.6. The third kappa shape index (κ3) is 2.86. The third-order valence-corrected chi connectivity index (χ3v) is 3.66. The summed E-state index contributed by atoms with van der Waals surface area (Å²) in [6, 6.07) is 1.70. The number of rotatable bonds is 3. The number of aryl methyl sites for hydroxylation is 1. The van der Waals surface area contributed by atoms with Crippen LogP contribution in [-0.4, -0.2) is 38.4 Å². The van der Waals surface area contributed by atoms with Gasteiger partial charge in [0.2, 0.25) is 5.89 Å². The summed E-state index contributed by atoms with van der Waals surface area (Å²) in [6.07, 6.45) is 1.23. The first kappa shape index (κ1) is 15.3. The van der Waals surface area contributed by atoms with Crippen molar-refractivity contribution in [3.63, 3.8) is 0 Å². The molecule has 0 bridgehead atoms. The first-order chi connectivity index (χ1) is 10.9. The summed E-state index contributed by atoms with van der Waals surface area (Å²) in [4.78, 5) is 31.5. The molecule has 0 aliphatic carbocycles. The molecule has 23 heavy (non-hydrogen) atoms. The van der Waals surface area contributed by atoms with Crippen LogP contribution in [0.25, 0.3) is 0 Å². The van der Waals surface area contributed by atoms with Crippen LogP contribution in [0.2, 0.25) is 0 Å². The number of aromatic nitrogens is 3. The maximum atomic E-state index is 13.8. The van der Waals surface area contributed by atoms with Crippen LogP contribution in [-0.2, 0) is 6.42 Å². The molecule has 0 radical (unpaired) electrons. The lowest BCUT2D eigenvalue weighted by molar-refractivity contribution is 0.0116. The Kier molecular flexibility index (Phi) is 3.70. The average molecular weight is 324 g/mol. The maximum absolute atomic E-state index is 13.8. The lowest BCUT2D eigenvalue weighted by Gasteiger charge is -2.20. The van der Waals surface area contributed by atoms with Gasteiger partial charge in [-0.15, -0.1) is 0 Å². The number of hydrogen-bond donors (Lipinski definition) is 1. The van der Waals surface area contributed by atoms with Crippen molar-refractivity contribution in [2.24, 2.45) is 0 Å². The highest BCUT2D eigenvalue weighted by Crippen LogP contribution is 2.40. The predicted molar refractivity (Wildman–Crippen MR) is 74.1 cm³/mol. The molecule has 1 saturated heterocycles. The van der Waals surface area contributed by atoms with E-state index < -0.39 is 36.4 Å². The number of nitrogens with one attached hydrogen (secondary N) is 1. The monoisotopic (exact) mass is 324 g/mol. The number of carbonyl (C=O) groups is 1. The van der Waals surface area contributed by atoms with Gasteiger partial charge >= 0.3 is 0 Å². The molecule has 1 fully saturated rings. The van der Waals surface area contributed by atoms with E-state index in [1.807, 2.05) is 0 Å². The number of alkyl halides is 2. The molecule has 1 aliphatic rings. The fourth-order valence-electron chi connectivity index (χ4n) is 2.54. The number of H-pyrrole nitrogens is 1. The molecule has 122 valence electrons. The highest BCUT2D eigenvalue weighted by Gasteiger charge is 2.50. The molecule has 1 amide bonds. The molecular weight excluding hydrogens is 310 g/mol. The molecule has 0 unspecified atom stereocenters. The van der Waals surface area contributed by atoms with E-state index in [0.29, 0.717) is 12.2 Å². The van der Waals surface area contributed by atoms with E-state index in [4.69, 9.17) is 4.52 Å². The Labute approximate surface area is 129 Å². The van der Waals surface area contributed by atoms with Gasteiger partial charge in [0.05, 0.1) is 6.54 Å². The fraction of sp³-hybridized carbons (Fsp3) is 0.429. The standard InChI is InChI=1S/C14H14F2N4O3/c1-2-10-18-12(23-19-10)9-6-14(15,16)7-20(9)13(22)8-4-3-5-17-11(8)21/h3-5,9H,2,6-7H2,1H3,(H,17,21)/t9-/m0/s1. The third-order valence-electron chi connectivity index (χ3n) is 3.66. The van der Waals surface area contributed by atoms with Gasteiger partial charge in [0.1, 0.15) is 11.6 Å². The first-order valence-corrected chi connectivity index (χ1v) is 7.10. The van der Waals surface area contributed by atoms with E-state index >= 15 is 0 Å². The molecule has 2 aromatic rings. The van der Waals surface area contributed by atoms with E-state index in [1.165, 1.54) is 18.3 Å². The largest absolute Gasteiger partial charge is 0.337 e. The zero-order valence-corrected chi connectivity index (χ0v) is 12.3. The number of pyridine rings is 1. The molecule has 3 rings (SSSR count). The number of aromatic amines is 1. The van der Waals surface area contributed by atoms with Crippen molar-refractivity contribution in [2.75, 3.05) is 6.54 Å². The molecule has 1 atom stereocenters. The fourth-order valence-corrected chi connectivity index (χ4v) is 2.54. The number of amides is 1. The van der Waals surface area contributed by atoms with Crippen LogP contribution in [0.1, 0.15) is 41.5 Å². The summed E-state index contributed by atoms with van der Waals surface area (Å²) >= 11 is 0. The van der Waals surface area contributed by atoms with E-state index in [-0.39, 0.29) is 11.5 Å². The number of likely N-dealkylation sites (tertiary alicyclic amines) is 1. The lowest BCUT2D eigenvalue weighted by atomic mass is 10.1. The second kappa shape index (κ2) is 5.56. The molecule has 0 aromatic carbocycles. The van der Waals surface area contributed by atoms with E-state index in [1.54, 1.807) is 6.92 Å². The number of nitrogens with zero attached hydrogens (tertiary/aromatic N) is 3. The zero-order valence-electron chi connectivity index (χ0n) is 12.3. The van der Waals surface area contributed by atoms with Crippen LogP contribution in [0.3, 0.4) is 0 Å². The summed E-state index contributed by atoms with van der Waals surface area (Å²) in [7, 11) is 0. The summed E-state index contributed by atoms with van der Waals surface area (Å²) in [6.45, 7) is 0.999. The Morgan fingerprint density at radius 1 is 1.57 bits per heavy atom. The predicted octanol–water partition coefficient (Wildman–Crippen LogP) is 1.54. The normalized spacial score (nSPS) is 20.0. The van der Waals surface area contributed by atoms with Crippen molar-refractivity contribution in [1.29, 1.82) is 0 Å². The van der Waals surface area contributed by atoms with Gasteiger partial charge in [-0.05, 0) is 12.1 Å². The van der Waals surface area contributed by atoms with E-state index in [9.17, 15) is 18.4 Å². The van der Waals surface area contributed by atoms with Gasteiger partial charge in [0.25, 0.3) is 17.4 Å². The summed E-state index contributed by atoms with van der Waals surface area (Å²) in [5, 5.41) is 3.67. The molecule has 1 aliphatic heterocycles. The van der Waals surface area contributed by atoms with Crippen molar-refractivity contribution < 1.29 is 18.1 Å². The van der Waals surface area contributed by atoms with Gasteiger partial charge < -0.3 is 14.4 Å². The SMILES string of the molecule is CCc1noc([C@@H]2CC(F)(F)CN2C(=O)c2ccc[nH]c2=O)n1. The highest BCUT2D eigenvalue weighted by molar-refractivity contribution is 5.94. The smallest absolute Gasteiger partial charge is 0.267 e. The van der Waals surface area contributed by atoms with Crippen LogP contribution in [0.4, 0.5) is 8.78 Å². The Hall–Kier alpha value is -2.58. The second-order valence-electron chi connectivity index (χ2n) is 5.32. The molecular formula is C14H14F2N4O3. The van der Waals surface area contributed by atoms with Crippen molar-refractivity contribution in [1.82, 2.24) is 20.0 Å². The van der Waals surface area contributed by atoms with Crippen LogP contribution >= 0.6 is 0 Å². The lowest BCUT2D eigenvalue weighted by Crippen LogP contribution is -2.36. The Balaban J connectivity index is 1.96. The van der Waals surface area contributed by atoms with Gasteiger partial charge in [-0.3, -0.25) is 9.59 Å². The van der Waals surface area contributed by atoms with Crippen LogP contribution in [0.5, 0.6) is 0 Å². The maximum Gasteiger partial charge on any atom is 0.267 e. The molecule has 3 heterocycles. The Bertz CT molecular complexity index is 786. The Morgan fingerprint density at radius 2 is 2.35 bits per heavy atom. The van der Waals surface area contributed by atoms with Gasteiger partial charge in [-0.1, -0.05) is 12.1 Å². The summed E-state index contributed by atoms with van der Waals surface area (Å²) < 4.78 is 32.7. The van der Waals surface area contributed by atoms with Crippen molar-refractivity contribution in [3.05, 3.63) is 46.0 Å².